The fraction of sp³-hybridized carbons (Fsp3) is 0.333. The quantitative estimate of drug-likeness (QED) is 0.476. The molecule has 3 aromatic rings. The zero-order valence-electron chi connectivity index (χ0n) is 17.3. The first kappa shape index (κ1) is 21.1. The third kappa shape index (κ3) is 6.16. The van der Waals surface area contributed by atoms with Gasteiger partial charge in [0, 0.05) is 11.4 Å². The molecule has 1 amide bonds. The van der Waals surface area contributed by atoms with Gasteiger partial charge in [0.1, 0.15) is 17.4 Å². The van der Waals surface area contributed by atoms with E-state index >= 15 is 0 Å². The van der Waals surface area contributed by atoms with Gasteiger partial charge in [-0.25, -0.2) is 4.98 Å². The van der Waals surface area contributed by atoms with E-state index in [0.29, 0.717) is 19.6 Å². The Kier molecular flexibility index (Phi) is 7.42. The highest BCUT2D eigenvalue weighted by molar-refractivity contribution is 7.09. The number of aromatic nitrogens is 1. The molecule has 1 aromatic heterocycles. The van der Waals surface area contributed by atoms with Crippen LogP contribution >= 0.6 is 11.3 Å². The van der Waals surface area contributed by atoms with E-state index in [1.54, 1.807) is 11.3 Å². The van der Waals surface area contributed by atoms with E-state index in [4.69, 9.17) is 4.74 Å². The van der Waals surface area contributed by atoms with Gasteiger partial charge in [-0.1, -0.05) is 55.0 Å². The van der Waals surface area contributed by atoms with Crippen LogP contribution in [0.5, 0.6) is 5.75 Å². The fourth-order valence-electron chi connectivity index (χ4n) is 3.02. The first-order chi connectivity index (χ1) is 14.0. The summed E-state index contributed by atoms with van der Waals surface area (Å²) < 4.78 is 5.83. The van der Waals surface area contributed by atoms with Crippen molar-refractivity contribution in [3.8, 4) is 5.75 Å². The average molecular weight is 409 g/mol. The van der Waals surface area contributed by atoms with E-state index in [0.717, 1.165) is 28.4 Å². The molecule has 1 heterocycles. The molecule has 1 atom stereocenters. The molecule has 0 unspecified atom stereocenters. The number of aryl methyl sites for hydroxylation is 1. The summed E-state index contributed by atoms with van der Waals surface area (Å²) in [6.45, 7) is 7.22. The molecule has 0 saturated heterocycles. The van der Waals surface area contributed by atoms with Gasteiger partial charge in [-0.15, -0.1) is 11.3 Å². The molecule has 152 valence electrons. The molecule has 5 heteroatoms. The minimum absolute atomic E-state index is 0.135. The van der Waals surface area contributed by atoms with E-state index in [1.807, 2.05) is 64.9 Å². The van der Waals surface area contributed by atoms with Crippen molar-refractivity contribution in [1.29, 1.82) is 0 Å². The highest BCUT2D eigenvalue weighted by atomic mass is 32.1. The summed E-state index contributed by atoms with van der Waals surface area (Å²) in [4.78, 5) is 19.6. The molecular weight excluding hydrogens is 380 g/mol. The highest BCUT2D eigenvalue weighted by Crippen LogP contribution is 2.19. The van der Waals surface area contributed by atoms with E-state index in [9.17, 15) is 4.79 Å². The summed E-state index contributed by atoms with van der Waals surface area (Å²) in [5, 5.41) is 2.94. The lowest BCUT2D eigenvalue weighted by Crippen LogP contribution is -2.38. The monoisotopic (exact) mass is 408 g/mol. The van der Waals surface area contributed by atoms with Gasteiger partial charge in [0.25, 0.3) is 0 Å². The minimum atomic E-state index is 0.135. The molecule has 3 rings (SSSR count). The first-order valence-corrected chi connectivity index (χ1v) is 10.9. The maximum atomic E-state index is 12.9. The summed E-state index contributed by atoms with van der Waals surface area (Å²) in [5.74, 6) is 0.975. The van der Waals surface area contributed by atoms with Crippen molar-refractivity contribution in [2.24, 2.45) is 0 Å². The Balaban J connectivity index is 1.62. The van der Waals surface area contributed by atoms with Gasteiger partial charge in [0.05, 0.1) is 18.7 Å². The normalized spacial score (nSPS) is 11.8. The van der Waals surface area contributed by atoms with Gasteiger partial charge >= 0.3 is 0 Å². The molecule has 0 aliphatic carbocycles. The van der Waals surface area contributed by atoms with Gasteiger partial charge < -0.3 is 9.64 Å². The smallest absolute Gasteiger partial charge is 0.227 e. The number of amides is 1. The summed E-state index contributed by atoms with van der Waals surface area (Å²) in [6, 6.07) is 18.1. The molecule has 0 bridgehead atoms. The zero-order chi connectivity index (χ0) is 20.6. The number of hydrogen-bond acceptors (Lipinski definition) is 4. The summed E-state index contributed by atoms with van der Waals surface area (Å²) in [5.41, 5.74) is 3.16. The van der Waals surface area contributed by atoms with Crippen molar-refractivity contribution in [3.63, 3.8) is 0 Å². The molecule has 2 aromatic carbocycles. The largest absolute Gasteiger partial charge is 0.486 e. The second kappa shape index (κ2) is 10.2. The highest BCUT2D eigenvalue weighted by Gasteiger charge is 2.20. The molecule has 0 aliphatic rings. The van der Waals surface area contributed by atoms with Crippen LogP contribution in [0.1, 0.15) is 42.1 Å². The van der Waals surface area contributed by atoms with Crippen molar-refractivity contribution >= 4 is 17.2 Å². The maximum Gasteiger partial charge on any atom is 0.227 e. The van der Waals surface area contributed by atoms with Crippen molar-refractivity contribution in [2.75, 3.05) is 0 Å². The Bertz CT molecular complexity index is 906. The predicted molar refractivity (Wildman–Crippen MR) is 118 cm³/mol. The first-order valence-electron chi connectivity index (χ1n) is 10.0. The molecule has 0 radical (unpaired) electrons. The van der Waals surface area contributed by atoms with E-state index in [-0.39, 0.29) is 11.9 Å². The van der Waals surface area contributed by atoms with Gasteiger partial charge in [-0.05, 0) is 38.0 Å². The van der Waals surface area contributed by atoms with Crippen molar-refractivity contribution in [1.82, 2.24) is 9.88 Å². The van der Waals surface area contributed by atoms with Gasteiger partial charge in [0.2, 0.25) is 5.91 Å². The molecule has 29 heavy (non-hydrogen) atoms. The van der Waals surface area contributed by atoms with Crippen LogP contribution in [-0.2, 0) is 24.4 Å². The summed E-state index contributed by atoms with van der Waals surface area (Å²) in [7, 11) is 0. The Morgan fingerprint density at radius 1 is 1.14 bits per heavy atom. The van der Waals surface area contributed by atoms with E-state index < -0.39 is 0 Å². The van der Waals surface area contributed by atoms with Crippen LogP contribution in [0.2, 0.25) is 0 Å². The average Bonchev–Trinajstić information content (AvgIpc) is 3.19. The molecule has 0 N–H and O–H groups in total. The summed E-state index contributed by atoms with van der Waals surface area (Å²) >= 11 is 1.57. The zero-order valence-corrected chi connectivity index (χ0v) is 18.1. The third-order valence-corrected chi connectivity index (χ3v) is 5.83. The maximum absolute atomic E-state index is 12.9. The molecule has 0 fully saturated rings. The number of hydrogen-bond donors (Lipinski definition) is 0. The Morgan fingerprint density at radius 2 is 1.86 bits per heavy atom. The topological polar surface area (TPSA) is 42.4 Å². The van der Waals surface area contributed by atoms with Gasteiger partial charge in [0.15, 0.2) is 0 Å². The number of benzene rings is 2. The summed E-state index contributed by atoms with van der Waals surface area (Å²) in [6.07, 6.45) is 1.33. The third-order valence-electron chi connectivity index (χ3n) is 4.96. The van der Waals surface area contributed by atoms with E-state index in [1.165, 1.54) is 5.56 Å². The number of nitrogens with zero attached hydrogens (tertiary/aromatic N) is 2. The standard InChI is InChI=1S/C24H28N2O2S/c1-4-19(3)26(24(27)14-20-8-6-5-7-9-20)15-21-17-29-23(25-21)16-28-22-12-10-18(2)11-13-22/h5-13,17,19H,4,14-16H2,1-3H3/t19-/m0/s1. The van der Waals surface area contributed by atoms with Crippen LogP contribution in [0.4, 0.5) is 0 Å². The number of rotatable bonds is 9. The predicted octanol–water partition coefficient (Wildman–Crippen LogP) is 5.40. The second-order valence-corrected chi connectivity index (χ2v) is 8.22. The van der Waals surface area contributed by atoms with Crippen LogP contribution in [0.3, 0.4) is 0 Å². The van der Waals surface area contributed by atoms with Crippen molar-refractivity contribution in [3.05, 3.63) is 81.8 Å². The minimum Gasteiger partial charge on any atom is -0.486 e. The van der Waals surface area contributed by atoms with Crippen LogP contribution in [0.25, 0.3) is 0 Å². The lowest BCUT2D eigenvalue weighted by Gasteiger charge is -2.28. The van der Waals surface area contributed by atoms with Crippen molar-refractivity contribution < 1.29 is 9.53 Å². The lowest BCUT2D eigenvalue weighted by atomic mass is 10.1. The molecule has 4 nitrogen and oxygen atoms in total. The SMILES string of the molecule is CC[C@H](C)N(Cc1csc(COc2ccc(C)cc2)n1)C(=O)Cc1ccccc1. The Morgan fingerprint density at radius 3 is 2.55 bits per heavy atom. The Labute approximate surface area is 177 Å². The molecule has 0 saturated carbocycles. The van der Waals surface area contributed by atoms with Crippen LogP contribution in [-0.4, -0.2) is 21.8 Å². The van der Waals surface area contributed by atoms with Crippen LogP contribution < -0.4 is 4.74 Å². The lowest BCUT2D eigenvalue weighted by molar-refractivity contribution is -0.133. The van der Waals surface area contributed by atoms with Gasteiger partial charge in [-0.3, -0.25) is 4.79 Å². The van der Waals surface area contributed by atoms with Crippen LogP contribution in [0, 0.1) is 6.92 Å². The number of carbonyl (C=O) groups excluding carboxylic acids is 1. The second-order valence-electron chi connectivity index (χ2n) is 7.28. The number of thiazole rings is 1. The van der Waals surface area contributed by atoms with Crippen molar-refractivity contribution in [2.45, 2.75) is 52.8 Å². The molecule has 0 spiro atoms. The van der Waals surface area contributed by atoms with Crippen LogP contribution in [0.15, 0.2) is 60.0 Å². The van der Waals surface area contributed by atoms with Gasteiger partial charge in [-0.2, -0.15) is 0 Å². The fourth-order valence-corrected chi connectivity index (χ4v) is 3.72. The number of carbonyl (C=O) groups is 1. The Hall–Kier alpha value is -2.66. The van der Waals surface area contributed by atoms with E-state index in [2.05, 4.69) is 25.8 Å². The number of ether oxygens (including phenoxy) is 1. The molecule has 0 aliphatic heterocycles. The molecular formula is C24H28N2O2S.